The van der Waals surface area contributed by atoms with Crippen LogP contribution in [0.4, 0.5) is 5.69 Å². The summed E-state index contributed by atoms with van der Waals surface area (Å²) in [5.41, 5.74) is 1.83. The lowest BCUT2D eigenvalue weighted by Gasteiger charge is -2.17. The van der Waals surface area contributed by atoms with Crippen LogP contribution in [0.5, 0.6) is 0 Å². The number of nitrogens with zero attached hydrogens (tertiary/aromatic N) is 1. The summed E-state index contributed by atoms with van der Waals surface area (Å²) in [4.78, 5) is 27.0. The van der Waals surface area contributed by atoms with Gasteiger partial charge < -0.3 is 15.3 Å². The van der Waals surface area contributed by atoms with Gasteiger partial charge in [-0.25, -0.2) is 0 Å². The molecule has 0 saturated carbocycles. The van der Waals surface area contributed by atoms with E-state index in [9.17, 15) is 14.7 Å². The van der Waals surface area contributed by atoms with Gasteiger partial charge in [0.1, 0.15) is 6.10 Å². The fourth-order valence-electron chi connectivity index (χ4n) is 2.90. The lowest BCUT2D eigenvalue weighted by molar-refractivity contribution is -0.126. The topological polar surface area (TPSA) is 69.6 Å². The van der Waals surface area contributed by atoms with E-state index in [0.717, 1.165) is 16.1 Å². The number of aliphatic hydroxyl groups is 1. The van der Waals surface area contributed by atoms with E-state index in [1.165, 1.54) is 11.3 Å². The lowest BCUT2D eigenvalue weighted by atomic mass is 10.1. The Morgan fingerprint density at radius 3 is 2.79 bits per heavy atom. The number of aliphatic hydroxyl groups excluding tert-OH is 1. The lowest BCUT2D eigenvalue weighted by Crippen LogP contribution is -2.35. The van der Waals surface area contributed by atoms with Gasteiger partial charge in [-0.15, -0.1) is 11.3 Å². The molecule has 0 bridgehead atoms. The number of amides is 2. The second-order valence-corrected chi connectivity index (χ2v) is 6.92. The number of para-hydroxylation sites is 1. The van der Waals surface area contributed by atoms with Crippen molar-refractivity contribution in [1.82, 2.24) is 5.32 Å². The first-order valence-corrected chi connectivity index (χ1v) is 8.79. The summed E-state index contributed by atoms with van der Waals surface area (Å²) in [6.07, 6.45) is -0.509. The standard InChI is InChI=1S/C18H20N2O3S/c1-12-7-8-24-17(12)15(21)10-19-18(23)13-9-16(22)20(11-13)14-5-3-2-4-6-14/h2-8,13,15,21H,9-11H2,1H3,(H,19,23). The van der Waals surface area contributed by atoms with Crippen molar-refractivity contribution in [1.29, 1.82) is 0 Å². The molecule has 0 aliphatic carbocycles. The first-order chi connectivity index (χ1) is 11.6. The zero-order chi connectivity index (χ0) is 17.1. The Hall–Kier alpha value is -2.18. The largest absolute Gasteiger partial charge is 0.386 e. The third-order valence-electron chi connectivity index (χ3n) is 4.24. The molecule has 2 unspecified atom stereocenters. The van der Waals surface area contributed by atoms with Crippen molar-refractivity contribution in [2.24, 2.45) is 5.92 Å². The summed E-state index contributed by atoms with van der Waals surface area (Å²) < 4.78 is 0. The Morgan fingerprint density at radius 2 is 2.12 bits per heavy atom. The maximum atomic E-state index is 12.3. The third-order valence-corrected chi connectivity index (χ3v) is 5.36. The molecule has 24 heavy (non-hydrogen) atoms. The SMILES string of the molecule is Cc1ccsc1C(O)CNC(=O)C1CC(=O)N(c2ccccc2)C1. The predicted molar refractivity (Wildman–Crippen MR) is 93.9 cm³/mol. The smallest absolute Gasteiger partial charge is 0.227 e. The molecule has 6 heteroatoms. The summed E-state index contributed by atoms with van der Waals surface area (Å²) >= 11 is 1.48. The number of nitrogens with one attached hydrogen (secondary N) is 1. The van der Waals surface area contributed by atoms with Crippen molar-refractivity contribution in [3.05, 3.63) is 52.2 Å². The van der Waals surface area contributed by atoms with E-state index in [4.69, 9.17) is 0 Å². The van der Waals surface area contributed by atoms with Gasteiger partial charge >= 0.3 is 0 Å². The van der Waals surface area contributed by atoms with Crippen molar-refractivity contribution in [2.45, 2.75) is 19.4 Å². The summed E-state index contributed by atoms with van der Waals surface area (Å²) in [5, 5.41) is 14.9. The van der Waals surface area contributed by atoms with Crippen LogP contribution >= 0.6 is 11.3 Å². The zero-order valence-electron chi connectivity index (χ0n) is 13.4. The molecule has 126 valence electrons. The van der Waals surface area contributed by atoms with Crippen molar-refractivity contribution in [3.63, 3.8) is 0 Å². The Morgan fingerprint density at radius 1 is 1.38 bits per heavy atom. The van der Waals surface area contributed by atoms with Crippen LogP contribution in [0, 0.1) is 12.8 Å². The molecular formula is C18H20N2O3S. The minimum absolute atomic E-state index is 0.0454. The van der Waals surface area contributed by atoms with Gasteiger partial charge in [0.15, 0.2) is 0 Å². The predicted octanol–water partition coefficient (Wildman–Crippen LogP) is 2.26. The average Bonchev–Trinajstić information content (AvgIpc) is 3.19. The first-order valence-electron chi connectivity index (χ1n) is 7.91. The van der Waals surface area contributed by atoms with E-state index in [-0.39, 0.29) is 30.7 Å². The molecule has 2 heterocycles. The van der Waals surface area contributed by atoms with Gasteiger partial charge in [-0.3, -0.25) is 9.59 Å². The number of thiophene rings is 1. The molecule has 2 atom stereocenters. The maximum Gasteiger partial charge on any atom is 0.227 e. The van der Waals surface area contributed by atoms with Crippen LogP contribution < -0.4 is 10.2 Å². The molecule has 1 aliphatic rings. The third kappa shape index (κ3) is 3.49. The highest BCUT2D eigenvalue weighted by Crippen LogP contribution is 2.26. The summed E-state index contributed by atoms with van der Waals surface area (Å²) in [6, 6.07) is 11.3. The maximum absolute atomic E-state index is 12.3. The van der Waals surface area contributed by atoms with Gasteiger partial charge in [0.2, 0.25) is 11.8 Å². The second kappa shape index (κ2) is 7.15. The number of carbonyl (C=O) groups is 2. The Kier molecular flexibility index (Phi) is 4.97. The number of anilines is 1. The summed E-state index contributed by atoms with van der Waals surface area (Å²) in [7, 11) is 0. The molecule has 0 radical (unpaired) electrons. The minimum Gasteiger partial charge on any atom is -0.386 e. The van der Waals surface area contributed by atoms with Crippen LogP contribution in [0.25, 0.3) is 0 Å². The molecule has 3 rings (SSSR count). The number of carbonyl (C=O) groups excluding carboxylic acids is 2. The van der Waals surface area contributed by atoms with Crippen LogP contribution in [-0.4, -0.2) is 30.0 Å². The van der Waals surface area contributed by atoms with E-state index in [2.05, 4.69) is 5.32 Å². The molecule has 2 aromatic rings. The number of rotatable bonds is 5. The zero-order valence-corrected chi connectivity index (χ0v) is 14.3. The molecule has 1 saturated heterocycles. The molecule has 2 amide bonds. The number of hydrogen-bond donors (Lipinski definition) is 2. The van der Waals surface area contributed by atoms with Gasteiger partial charge in [-0.1, -0.05) is 18.2 Å². The van der Waals surface area contributed by atoms with E-state index >= 15 is 0 Å². The Balaban J connectivity index is 1.57. The van der Waals surface area contributed by atoms with Crippen molar-refractivity contribution in [3.8, 4) is 0 Å². The molecule has 1 aromatic heterocycles. The first kappa shape index (κ1) is 16.7. The fourth-order valence-corrected chi connectivity index (χ4v) is 3.81. The fraction of sp³-hybridized carbons (Fsp3) is 0.333. The monoisotopic (exact) mass is 344 g/mol. The molecule has 2 N–H and O–H groups in total. The van der Waals surface area contributed by atoms with E-state index in [0.29, 0.717) is 6.54 Å². The van der Waals surface area contributed by atoms with Crippen LogP contribution in [-0.2, 0) is 9.59 Å². The number of hydrogen-bond acceptors (Lipinski definition) is 4. The van der Waals surface area contributed by atoms with Gasteiger partial charge in [0.05, 0.1) is 5.92 Å². The average molecular weight is 344 g/mol. The van der Waals surface area contributed by atoms with E-state index in [1.807, 2.05) is 48.7 Å². The second-order valence-electron chi connectivity index (χ2n) is 5.97. The Bertz CT molecular complexity index is 729. The minimum atomic E-state index is -0.712. The Labute approximate surface area is 144 Å². The normalized spacial score (nSPS) is 18.7. The molecule has 1 aromatic carbocycles. The highest BCUT2D eigenvalue weighted by atomic mass is 32.1. The van der Waals surface area contributed by atoms with Crippen molar-refractivity contribution >= 4 is 28.8 Å². The van der Waals surface area contributed by atoms with Gasteiger partial charge in [0, 0.05) is 30.1 Å². The van der Waals surface area contributed by atoms with Crippen LogP contribution in [0.3, 0.4) is 0 Å². The van der Waals surface area contributed by atoms with E-state index in [1.54, 1.807) is 4.90 Å². The van der Waals surface area contributed by atoms with Crippen molar-refractivity contribution in [2.75, 3.05) is 18.0 Å². The number of benzene rings is 1. The molecular weight excluding hydrogens is 324 g/mol. The van der Waals surface area contributed by atoms with Crippen LogP contribution in [0.2, 0.25) is 0 Å². The van der Waals surface area contributed by atoms with Crippen molar-refractivity contribution < 1.29 is 14.7 Å². The quantitative estimate of drug-likeness (QED) is 0.874. The highest BCUT2D eigenvalue weighted by Gasteiger charge is 2.35. The molecule has 0 spiro atoms. The summed E-state index contributed by atoms with van der Waals surface area (Å²) in [6.45, 7) is 2.48. The van der Waals surface area contributed by atoms with Crippen LogP contribution in [0.1, 0.15) is 23.0 Å². The molecule has 5 nitrogen and oxygen atoms in total. The van der Waals surface area contributed by atoms with Crippen LogP contribution in [0.15, 0.2) is 41.8 Å². The highest BCUT2D eigenvalue weighted by molar-refractivity contribution is 7.10. The van der Waals surface area contributed by atoms with Gasteiger partial charge in [-0.2, -0.15) is 0 Å². The number of aryl methyl sites for hydroxylation is 1. The summed E-state index contributed by atoms with van der Waals surface area (Å²) in [5.74, 6) is -0.611. The molecule has 1 fully saturated rings. The van der Waals surface area contributed by atoms with Gasteiger partial charge in [-0.05, 0) is 36.1 Å². The van der Waals surface area contributed by atoms with E-state index < -0.39 is 6.10 Å². The molecule has 1 aliphatic heterocycles. The van der Waals surface area contributed by atoms with Gasteiger partial charge in [0.25, 0.3) is 0 Å².